The lowest BCUT2D eigenvalue weighted by Gasteiger charge is -2.39. The fraction of sp³-hybridized carbons (Fsp3) is 0.684. The molecule has 0 saturated heterocycles. The standard InChI is InChI=1S/C19H29Cl/c1-12-13(2)15(4)17(16(5)14(12)3)18(20)19(6)10-8-7-9-11-19/h18H,7-11H2,1-6H3. The Hall–Kier alpha value is -0.490. The quantitative estimate of drug-likeness (QED) is 0.547. The van der Waals surface area contributed by atoms with Gasteiger partial charge in [0.05, 0.1) is 5.38 Å². The summed E-state index contributed by atoms with van der Waals surface area (Å²) < 4.78 is 0. The third-order valence-corrected chi connectivity index (χ3v) is 6.66. The van der Waals surface area contributed by atoms with Crippen molar-refractivity contribution in [3.8, 4) is 0 Å². The van der Waals surface area contributed by atoms with Crippen LogP contribution >= 0.6 is 11.6 Å². The maximum atomic E-state index is 7.03. The van der Waals surface area contributed by atoms with Crippen molar-refractivity contribution >= 4 is 11.6 Å². The van der Waals surface area contributed by atoms with Crippen molar-refractivity contribution in [2.24, 2.45) is 5.41 Å². The lowest BCUT2D eigenvalue weighted by Crippen LogP contribution is -2.26. The Morgan fingerprint density at radius 2 is 1.15 bits per heavy atom. The highest BCUT2D eigenvalue weighted by Gasteiger charge is 2.37. The number of alkyl halides is 1. The second-order valence-corrected chi connectivity index (χ2v) is 7.55. The van der Waals surface area contributed by atoms with Crippen molar-refractivity contribution < 1.29 is 0 Å². The molecule has 0 nitrogen and oxygen atoms in total. The fourth-order valence-corrected chi connectivity index (χ4v) is 4.42. The first kappa shape index (κ1) is 15.9. The zero-order valence-corrected chi connectivity index (χ0v) is 14.7. The molecule has 0 N–H and O–H groups in total. The molecule has 0 aromatic heterocycles. The number of halogens is 1. The molecule has 1 aliphatic carbocycles. The molecule has 0 spiro atoms. The Morgan fingerprint density at radius 1 is 0.750 bits per heavy atom. The molecule has 1 saturated carbocycles. The summed E-state index contributed by atoms with van der Waals surface area (Å²) in [5.74, 6) is 0. The van der Waals surface area contributed by atoms with Gasteiger partial charge in [0, 0.05) is 0 Å². The van der Waals surface area contributed by atoms with Gasteiger partial charge in [-0.3, -0.25) is 0 Å². The van der Waals surface area contributed by atoms with Crippen LogP contribution in [0.3, 0.4) is 0 Å². The minimum absolute atomic E-state index is 0.154. The maximum Gasteiger partial charge on any atom is 0.0644 e. The van der Waals surface area contributed by atoms with E-state index < -0.39 is 0 Å². The van der Waals surface area contributed by atoms with Crippen molar-refractivity contribution in [1.29, 1.82) is 0 Å². The Labute approximate surface area is 129 Å². The normalized spacial score (nSPS) is 19.9. The Bertz CT molecular complexity index is 478. The van der Waals surface area contributed by atoms with Crippen LogP contribution in [0.15, 0.2) is 0 Å². The SMILES string of the molecule is Cc1c(C)c(C)c(C(Cl)C2(C)CCCCC2)c(C)c1C. The van der Waals surface area contributed by atoms with Gasteiger partial charge in [0.25, 0.3) is 0 Å². The summed E-state index contributed by atoms with van der Waals surface area (Å²) in [6.07, 6.45) is 6.59. The van der Waals surface area contributed by atoms with Gasteiger partial charge in [-0.2, -0.15) is 0 Å². The molecule has 1 aliphatic rings. The van der Waals surface area contributed by atoms with Crippen LogP contribution in [-0.2, 0) is 0 Å². The van der Waals surface area contributed by atoms with E-state index in [1.807, 2.05) is 0 Å². The third kappa shape index (κ3) is 2.52. The Kier molecular flexibility index (Phi) is 4.54. The van der Waals surface area contributed by atoms with Crippen molar-refractivity contribution in [1.82, 2.24) is 0 Å². The van der Waals surface area contributed by atoms with Gasteiger partial charge in [-0.25, -0.2) is 0 Å². The summed E-state index contributed by atoms with van der Waals surface area (Å²) in [4.78, 5) is 0. The van der Waals surface area contributed by atoms with E-state index in [9.17, 15) is 0 Å². The fourth-order valence-electron chi connectivity index (χ4n) is 3.87. The van der Waals surface area contributed by atoms with Gasteiger partial charge in [-0.1, -0.05) is 26.2 Å². The molecule has 0 heterocycles. The number of hydrogen-bond acceptors (Lipinski definition) is 0. The predicted octanol–water partition coefficient (Wildman–Crippen LogP) is 6.48. The number of benzene rings is 1. The summed E-state index contributed by atoms with van der Waals surface area (Å²) >= 11 is 7.03. The van der Waals surface area contributed by atoms with Crippen molar-refractivity contribution in [3.63, 3.8) is 0 Å². The van der Waals surface area contributed by atoms with Crippen LogP contribution in [0.5, 0.6) is 0 Å². The number of hydrogen-bond donors (Lipinski definition) is 0. The second-order valence-electron chi connectivity index (χ2n) is 7.12. The summed E-state index contributed by atoms with van der Waals surface area (Å²) in [6, 6.07) is 0. The van der Waals surface area contributed by atoms with Gasteiger partial charge in [-0.05, 0) is 86.3 Å². The molecule has 1 fully saturated rings. The predicted molar refractivity (Wildman–Crippen MR) is 89.9 cm³/mol. The van der Waals surface area contributed by atoms with Gasteiger partial charge in [0.1, 0.15) is 0 Å². The molecule has 1 aromatic carbocycles. The third-order valence-electron chi connectivity index (χ3n) is 5.92. The smallest absolute Gasteiger partial charge is 0.0644 e. The molecule has 2 rings (SSSR count). The first-order chi connectivity index (χ1) is 9.29. The minimum Gasteiger partial charge on any atom is -0.117 e. The molecule has 0 amide bonds. The summed E-state index contributed by atoms with van der Waals surface area (Å²) in [5, 5.41) is 0.154. The molecular formula is C19H29Cl. The molecule has 112 valence electrons. The van der Waals surface area contributed by atoms with Gasteiger partial charge in [-0.15, -0.1) is 11.6 Å². The highest BCUT2D eigenvalue weighted by atomic mass is 35.5. The van der Waals surface area contributed by atoms with E-state index in [2.05, 4.69) is 41.5 Å². The minimum atomic E-state index is 0.154. The van der Waals surface area contributed by atoms with Crippen LogP contribution < -0.4 is 0 Å². The van der Waals surface area contributed by atoms with Crippen LogP contribution in [0.2, 0.25) is 0 Å². The topological polar surface area (TPSA) is 0 Å². The summed E-state index contributed by atoms with van der Waals surface area (Å²) in [5.41, 5.74) is 8.79. The number of rotatable bonds is 2. The average Bonchev–Trinajstić information content (AvgIpc) is 2.44. The molecule has 20 heavy (non-hydrogen) atoms. The molecule has 1 aromatic rings. The highest BCUT2D eigenvalue weighted by Crippen LogP contribution is 2.51. The lowest BCUT2D eigenvalue weighted by atomic mass is 9.69. The van der Waals surface area contributed by atoms with E-state index in [0.29, 0.717) is 0 Å². The van der Waals surface area contributed by atoms with E-state index in [0.717, 1.165) is 0 Å². The van der Waals surface area contributed by atoms with Gasteiger partial charge in [0.2, 0.25) is 0 Å². The molecule has 1 atom stereocenters. The van der Waals surface area contributed by atoms with Crippen molar-refractivity contribution in [2.45, 2.75) is 79.0 Å². The van der Waals surface area contributed by atoms with Crippen molar-refractivity contribution in [3.05, 3.63) is 33.4 Å². The second kappa shape index (κ2) is 5.72. The Balaban J connectivity index is 2.52. The van der Waals surface area contributed by atoms with Gasteiger partial charge >= 0.3 is 0 Å². The zero-order chi connectivity index (χ0) is 15.1. The molecule has 1 unspecified atom stereocenters. The maximum absolute atomic E-state index is 7.03. The van der Waals surface area contributed by atoms with Crippen LogP contribution in [-0.4, -0.2) is 0 Å². The van der Waals surface area contributed by atoms with Crippen molar-refractivity contribution in [2.75, 3.05) is 0 Å². The monoisotopic (exact) mass is 292 g/mol. The molecule has 1 heteroatoms. The van der Waals surface area contributed by atoms with E-state index in [1.54, 1.807) is 0 Å². The molecule has 0 radical (unpaired) electrons. The Morgan fingerprint density at radius 3 is 1.60 bits per heavy atom. The van der Waals surface area contributed by atoms with Crippen LogP contribution in [0.25, 0.3) is 0 Å². The van der Waals surface area contributed by atoms with Gasteiger partial charge < -0.3 is 0 Å². The first-order valence-electron chi connectivity index (χ1n) is 8.00. The van der Waals surface area contributed by atoms with Gasteiger partial charge in [0.15, 0.2) is 0 Å². The molecule has 0 bridgehead atoms. The first-order valence-corrected chi connectivity index (χ1v) is 8.44. The van der Waals surface area contributed by atoms with E-state index in [1.165, 1.54) is 65.5 Å². The lowest BCUT2D eigenvalue weighted by molar-refractivity contribution is 0.206. The van der Waals surface area contributed by atoms with Crippen LogP contribution in [0, 0.1) is 40.0 Å². The van der Waals surface area contributed by atoms with E-state index in [4.69, 9.17) is 11.6 Å². The highest BCUT2D eigenvalue weighted by molar-refractivity contribution is 6.21. The summed E-state index contributed by atoms with van der Waals surface area (Å²) in [6.45, 7) is 13.6. The molecule has 0 aliphatic heterocycles. The van der Waals surface area contributed by atoms with E-state index >= 15 is 0 Å². The molecular weight excluding hydrogens is 264 g/mol. The van der Waals surface area contributed by atoms with E-state index in [-0.39, 0.29) is 10.8 Å². The average molecular weight is 293 g/mol. The zero-order valence-electron chi connectivity index (χ0n) is 14.0. The van der Waals surface area contributed by atoms with Crippen LogP contribution in [0.4, 0.5) is 0 Å². The summed E-state index contributed by atoms with van der Waals surface area (Å²) in [7, 11) is 0. The van der Waals surface area contributed by atoms with Crippen LogP contribution in [0.1, 0.15) is 77.8 Å². The largest absolute Gasteiger partial charge is 0.117 e.